The summed E-state index contributed by atoms with van der Waals surface area (Å²) in [6.07, 6.45) is 2.39. The van der Waals surface area contributed by atoms with Gasteiger partial charge in [0.25, 0.3) is 0 Å². The van der Waals surface area contributed by atoms with E-state index < -0.39 is 11.8 Å². The van der Waals surface area contributed by atoms with Crippen molar-refractivity contribution in [2.24, 2.45) is 0 Å². The zero-order valence-electron chi connectivity index (χ0n) is 18.4. The third-order valence-corrected chi connectivity index (χ3v) is 5.99. The third-order valence-electron chi connectivity index (χ3n) is 5.99. The molecule has 0 saturated carbocycles. The van der Waals surface area contributed by atoms with Crippen molar-refractivity contribution in [3.63, 3.8) is 0 Å². The van der Waals surface area contributed by atoms with Crippen LogP contribution in [0.2, 0.25) is 0 Å². The molecule has 0 bridgehead atoms. The Morgan fingerprint density at radius 1 is 0.967 bits per heavy atom. The SMILES string of the molecule is Cc1ccc(NC(=O)C(=O)NC[C@@H](c2ccc(N(C)C)cc2)[NH+]2CCCC2)cc1C. The quantitative estimate of drug-likeness (QED) is 0.638. The second-order valence-corrected chi connectivity index (χ2v) is 8.37. The second-order valence-electron chi connectivity index (χ2n) is 8.37. The van der Waals surface area contributed by atoms with Crippen LogP contribution in [0.25, 0.3) is 0 Å². The molecule has 1 fully saturated rings. The number of hydrogen-bond donors (Lipinski definition) is 3. The molecule has 0 radical (unpaired) electrons. The number of nitrogens with one attached hydrogen (secondary N) is 3. The van der Waals surface area contributed by atoms with Gasteiger partial charge < -0.3 is 20.4 Å². The molecule has 0 spiro atoms. The highest BCUT2D eigenvalue weighted by Gasteiger charge is 2.28. The van der Waals surface area contributed by atoms with Crippen LogP contribution in [0.5, 0.6) is 0 Å². The Morgan fingerprint density at radius 2 is 1.63 bits per heavy atom. The van der Waals surface area contributed by atoms with Gasteiger partial charge >= 0.3 is 11.8 Å². The lowest BCUT2D eigenvalue weighted by molar-refractivity contribution is -0.918. The number of aryl methyl sites for hydroxylation is 2. The highest BCUT2D eigenvalue weighted by molar-refractivity contribution is 6.39. The maximum absolute atomic E-state index is 12.5. The van der Waals surface area contributed by atoms with Crippen LogP contribution >= 0.6 is 0 Å². The van der Waals surface area contributed by atoms with Crippen LogP contribution in [0.15, 0.2) is 42.5 Å². The predicted octanol–water partition coefficient (Wildman–Crippen LogP) is 1.84. The van der Waals surface area contributed by atoms with E-state index in [1.807, 2.05) is 46.1 Å². The van der Waals surface area contributed by atoms with E-state index in [1.54, 1.807) is 0 Å². The molecule has 30 heavy (non-hydrogen) atoms. The van der Waals surface area contributed by atoms with E-state index in [-0.39, 0.29) is 6.04 Å². The van der Waals surface area contributed by atoms with Crippen LogP contribution in [-0.4, -0.2) is 45.5 Å². The zero-order valence-corrected chi connectivity index (χ0v) is 18.4. The topological polar surface area (TPSA) is 65.9 Å². The Kier molecular flexibility index (Phi) is 7.11. The number of quaternary nitrogens is 1. The van der Waals surface area contributed by atoms with Gasteiger partial charge in [-0.2, -0.15) is 0 Å². The van der Waals surface area contributed by atoms with E-state index in [9.17, 15) is 9.59 Å². The fourth-order valence-corrected chi connectivity index (χ4v) is 3.96. The molecule has 6 nitrogen and oxygen atoms in total. The monoisotopic (exact) mass is 409 g/mol. The maximum Gasteiger partial charge on any atom is 0.313 e. The number of nitrogens with zero attached hydrogens (tertiary/aromatic N) is 1. The van der Waals surface area contributed by atoms with Crippen molar-refractivity contribution in [3.8, 4) is 0 Å². The Hall–Kier alpha value is -2.86. The van der Waals surface area contributed by atoms with E-state index in [0.29, 0.717) is 12.2 Å². The average molecular weight is 410 g/mol. The summed E-state index contributed by atoms with van der Waals surface area (Å²) in [4.78, 5) is 28.3. The van der Waals surface area contributed by atoms with Gasteiger partial charge in [0.2, 0.25) is 0 Å². The molecule has 160 valence electrons. The predicted molar refractivity (Wildman–Crippen MR) is 121 cm³/mol. The highest BCUT2D eigenvalue weighted by Crippen LogP contribution is 2.17. The van der Waals surface area contributed by atoms with Gasteiger partial charge in [0.1, 0.15) is 6.04 Å². The molecule has 6 heteroatoms. The van der Waals surface area contributed by atoms with Crippen molar-refractivity contribution >= 4 is 23.2 Å². The molecule has 1 saturated heterocycles. The first kappa shape index (κ1) is 21.8. The second kappa shape index (κ2) is 9.76. The fraction of sp³-hybridized carbons (Fsp3) is 0.417. The molecular formula is C24H33N4O2+. The minimum absolute atomic E-state index is 0.141. The largest absolute Gasteiger partial charge is 0.378 e. The molecule has 2 amide bonds. The molecule has 3 rings (SSSR count). The van der Waals surface area contributed by atoms with E-state index in [2.05, 4.69) is 39.8 Å². The van der Waals surface area contributed by atoms with Crippen LogP contribution in [0.1, 0.15) is 35.6 Å². The number of benzene rings is 2. The summed E-state index contributed by atoms with van der Waals surface area (Å²) in [6.45, 7) is 6.61. The number of carbonyl (C=O) groups excluding carboxylic acids is 2. The van der Waals surface area contributed by atoms with Crippen molar-refractivity contribution in [1.29, 1.82) is 0 Å². The summed E-state index contributed by atoms with van der Waals surface area (Å²) in [5, 5.41) is 5.56. The average Bonchev–Trinajstić information content (AvgIpc) is 3.25. The molecule has 0 unspecified atom stereocenters. The number of anilines is 2. The molecule has 1 atom stereocenters. The van der Waals surface area contributed by atoms with Crippen molar-refractivity contribution in [3.05, 3.63) is 59.2 Å². The zero-order chi connectivity index (χ0) is 21.7. The van der Waals surface area contributed by atoms with Gasteiger partial charge in [0.05, 0.1) is 19.6 Å². The van der Waals surface area contributed by atoms with Gasteiger partial charge in [-0.3, -0.25) is 9.59 Å². The lowest BCUT2D eigenvalue weighted by Crippen LogP contribution is -3.11. The van der Waals surface area contributed by atoms with Crippen molar-refractivity contribution in [2.75, 3.05) is 43.9 Å². The molecule has 2 aromatic rings. The fourth-order valence-electron chi connectivity index (χ4n) is 3.96. The maximum atomic E-state index is 12.5. The molecule has 1 aliphatic heterocycles. The van der Waals surface area contributed by atoms with Crippen LogP contribution < -0.4 is 20.4 Å². The van der Waals surface area contributed by atoms with Crippen molar-refractivity contribution in [2.45, 2.75) is 32.7 Å². The summed E-state index contributed by atoms with van der Waals surface area (Å²) in [7, 11) is 4.04. The van der Waals surface area contributed by atoms with Crippen molar-refractivity contribution in [1.82, 2.24) is 5.32 Å². The van der Waals surface area contributed by atoms with Gasteiger partial charge in [0, 0.05) is 43.9 Å². The smallest absolute Gasteiger partial charge is 0.313 e. The Balaban J connectivity index is 1.64. The number of likely N-dealkylation sites (tertiary alicyclic amines) is 1. The summed E-state index contributed by atoms with van der Waals surface area (Å²) in [6, 6.07) is 14.2. The Morgan fingerprint density at radius 3 is 2.23 bits per heavy atom. The summed E-state index contributed by atoms with van der Waals surface area (Å²) in [5.41, 5.74) is 5.19. The first-order valence-electron chi connectivity index (χ1n) is 10.6. The van der Waals surface area contributed by atoms with Gasteiger partial charge in [-0.1, -0.05) is 18.2 Å². The molecule has 0 aromatic heterocycles. The normalized spacial score (nSPS) is 14.9. The number of rotatable bonds is 6. The van der Waals surface area contributed by atoms with Crippen LogP contribution in [0.3, 0.4) is 0 Å². The van der Waals surface area contributed by atoms with Crippen LogP contribution in [-0.2, 0) is 9.59 Å². The number of hydrogen-bond acceptors (Lipinski definition) is 3. The lowest BCUT2D eigenvalue weighted by Gasteiger charge is -2.25. The highest BCUT2D eigenvalue weighted by atomic mass is 16.2. The number of amides is 2. The molecule has 2 aromatic carbocycles. The minimum Gasteiger partial charge on any atom is -0.378 e. The van der Waals surface area contributed by atoms with E-state index >= 15 is 0 Å². The van der Waals surface area contributed by atoms with Crippen molar-refractivity contribution < 1.29 is 14.5 Å². The van der Waals surface area contributed by atoms with Gasteiger partial charge in [-0.25, -0.2) is 0 Å². The van der Waals surface area contributed by atoms with Gasteiger partial charge in [-0.15, -0.1) is 0 Å². The number of carbonyl (C=O) groups is 2. The summed E-state index contributed by atoms with van der Waals surface area (Å²) < 4.78 is 0. The third kappa shape index (κ3) is 5.39. The Labute approximate surface area is 179 Å². The lowest BCUT2D eigenvalue weighted by atomic mass is 10.0. The standard InChI is InChI=1S/C24H32N4O2/c1-17-7-10-20(15-18(17)2)26-24(30)23(29)25-16-22(28-13-5-6-14-28)19-8-11-21(12-9-19)27(3)4/h7-12,15,22H,5-6,13-14,16H2,1-4H3,(H,25,29)(H,26,30)/p+1/t22-/m0/s1. The first-order chi connectivity index (χ1) is 14.3. The first-order valence-corrected chi connectivity index (χ1v) is 10.6. The van der Waals surface area contributed by atoms with Crippen LogP contribution in [0.4, 0.5) is 11.4 Å². The van der Waals surface area contributed by atoms with Gasteiger partial charge in [-0.05, 0) is 49.2 Å². The molecule has 0 aliphatic carbocycles. The molecular weight excluding hydrogens is 376 g/mol. The molecule has 3 N–H and O–H groups in total. The van der Waals surface area contributed by atoms with E-state index in [0.717, 1.165) is 29.9 Å². The van der Waals surface area contributed by atoms with Gasteiger partial charge in [0.15, 0.2) is 0 Å². The summed E-state index contributed by atoms with van der Waals surface area (Å²) >= 11 is 0. The van der Waals surface area contributed by atoms with E-state index in [1.165, 1.54) is 23.3 Å². The molecule has 1 aliphatic rings. The molecule has 1 heterocycles. The minimum atomic E-state index is -0.628. The summed E-state index contributed by atoms with van der Waals surface area (Å²) in [5.74, 6) is -1.22. The van der Waals surface area contributed by atoms with E-state index in [4.69, 9.17) is 0 Å². The Bertz CT molecular complexity index is 887. The van der Waals surface area contributed by atoms with Crippen LogP contribution in [0, 0.1) is 13.8 Å².